The van der Waals surface area contributed by atoms with Gasteiger partial charge in [-0.1, -0.05) is 24.3 Å². The summed E-state index contributed by atoms with van der Waals surface area (Å²) in [7, 11) is 0. The van der Waals surface area contributed by atoms with Crippen LogP contribution in [0.4, 0.5) is 20.2 Å². The number of benzene rings is 2. The van der Waals surface area contributed by atoms with Gasteiger partial charge in [0.05, 0.1) is 0 Å². The van der Waals surface area contributed by atoms with Crippen molar-refractivity contribution in [3.8, 4) is 0 Å². The van der Waals surface area contributed by atoms with Crippen molar-refractivity contribution in [3.05, 3.63) is 59.2 Å². The number of nitrogens with two attached hydrogens (primary N) is 1. The third-order valence-electron chi connectivity index (χ3n) is 3.47. The molecule has 0 aliphatic carbocycles. The predicted molar refractivity (Wildman–Crippen MR) is 72.1 cm³/mol. The molecule has 0 radical (unpaired) electrons. The molecule has 0 atom stereocenters. The van der Waals surface area contributed by atoms with E-state index in [9.17, 15) is 8.78 Å². The summed E-state index contributed by atoms with van der Waals surface area (Å²) >= 11 is 0. The molecule has 1 heterocycles. The van der Waals surface area contributed by atoms with Crippen LogP contribution in [-0.4, -0.2) is 0 Å². The predicted octanol–water partition coefficient (Wildman–Crippen LogP) is 3.73. The van der Waals surface area contributed by atoms with Gasteiger partial charge in [-0.3, -0.25) is 0 Å². The highest BCUT2D eigenvalue weighted by molar-refractivity contribution is 5.62. The molecule has 1 aliphatic heterocycles. The van der Waals surface area contributed by atoms with Crippen molar-refractivity contribution in [2.75, 3.05) is 10.6 Å². The molecular formula is C15H14F2N2. The minimum atomic E-state index is -2.51. The molecule has 0 spiro atoms. The lowest BCUT2D eigenvalue weighted by Crippen LogP contribution is -2.16. The fourth-order valence-corrected chi connectivity index (χ4v) is 2.54. The number of alkyl halides is 2. The van der Waals surface area contributed by atoms with Gasteiger partial charge in [-0.2, -0.15) is 0 Å². The SMILES string of the molecule is Nc1ccc(N2Cc3ccccc3C2)c(C(F)F)c1. The van der Waals surface area contributed by atoms with E-state index < -0.39 is 6.43 Å². The van der Waals surface area contributed by atoms with Gasteiger partial charge >= 0.3 is 0 Å². The van der Waals surface area contributed by atoms with Gasteiger partial charge < -0.3 is 10.6 Å². The molecule has 0 bridgehead atoms. The number of anilines is 2. The van der Waals surface area contributed by atoms with Gasteiger partial charge in [0.15, 0.2) is 0 Å². The lowest BCUT2D eigenvalue weighted by Gasteiger charge is -2.21. The second-order valence-corrected chi connectivity index (χ2v) is 4.74. The maximum atomic E-state index is 13.1. The molecular weight excluding hydrogens is 246 g/mol. The number of hydrogen-bond acceptors (Lipinski definition) is 2. The number of hydrogen-bond donors (Lipinski definition) is 1. The third-order valence-corrected chi connectivity index (χ3v) is 3.47. The van der Waals surface area contributed by atoms with E-state index in [1.165, 1.54) is 17.2 Å². The van der Waals surface area contributed by atoms with Crippen molar-refractivity contribution >= 4 is 11.4 Å². The Balaban J connectivity index is 1.97. The molecule has 0 saturated heterocycles. The molecule has 19 heavy (non-hydrogen) atoms. The Morgan fingerprint density at radius 2 is 1.63 bits per heavy atom. The maximum absolute atomic E-state index is 13.1. The van der Waals surface area contributed by atoms with Crippen LogP contribution in [-0.2, 0) is 13.1 Å². The summed E-state index contributed by atoms with van der Waals surface area (Å²) in [4.78, 5) is 1.96. The molecule has 2 N–H and O–H groups in total. The molecule has 0 fully saturated rings. The average molecular weight is 260 g/mol. The fourth-order valence-electron chi connectivity index (χ4n) is 2.54. The first-order chi connectivity index (χ1) is 9.15. The smallest absolute Gasteiger partial charge is 0.265 e. The highest BCUT2D eigenvalue weighted by Gasteiger charge is 2.23. The van der Waals surface area contributed by atoms with Gasteiger partial charge in [0.25, 0.3) is 6.43 Å². The zero-order chi connectivity index (χ0) is 13.4. The molecule has 2 aromatic carbocycles. The minimum absolute atomic E-state index is 0.00723. The number of halogens is 2. The van der Waals surface area contributed by atoms with Crippen LogP contribution in [0.5, 0.6) is 0 Å². The quantitative estimate of drug-likeness (QED) is 0.834. The zero-order valence-corrected chi connectivity index (χ0v) is 10.3. The van der Waals surface area contributed by atoms with E-state index in [1.807, 2.05) is 29.2 Å². The lowest BCUT2D eigenvalue weighted by molar-refractivity contribution is 0.152. The average Bonchev–Trinajstić information content (AvgIpc) is 2.82. The van der Waals surface area contributed by atoms with Crippen molar-refractivity contribution in [2.45, 2.75) is 19.5 Å². The minimum Gasteiger partial charge on any atom is -0.399 e. The Labute approximate surface area is 110 Å². The molecule has 0 unspecified atom stereocenters. The highest BCUT2D eigenvalue weighted by Crippen LogP contribution is 2.36. The summed E-state index contributed by atoms with van der Waals surface area (Å²) in [5.41, 5.74) is 8.93. The maximum Gasteiger partial charge on any atom is 0.265 e. The van der Waals surface area contributed by atoms with E-state index >= 15 is 0 Å². The molecule has 0 saturated carbocycles. The van der Waals surface area contributed by atoms with Crippen LogP contribution >= 0.6 is 0 Å². The first kappa shape index (κ1) is 12.0. The van der Waals surface area contributed by atoms with Gasteiger partial charge in [-0.25, -0.2) is 8.78 Å². The van der Waals surface area contributed by atoms with Crippen molar-refractivity contribution < 1.29 is 8.78 Å². The summed E-state index contributed by atoms with van der Waals surface area (Å²) in [6.45, 7) is 1.33. The van der Waals surface area contributed by atoms with E-state index in [-0.39, 0.29) is 5.56 Å². The number of fused-ring (bicyclic) bond motifs is 1. The van der Waals surface area contributed by atoms with Gasteiger partial charge in [0.1, 0.15) is 0 Å². The molecule has 0 aromatic heterocycles. The second-order valence-electron chi connectivity index (χ2n) is 4.74. The van der Waals surface area contributed by atoms with Crippen molar-refractivity contribution in [1.82, 2.24) is 0 Å². The Bertz CT molecular complexity index is 586. The summed E-state index contributed by atoms with van der Waals surface area (Å²) < 4.78 is 26.2. The highest BCUT2D eigenvalue weighted by atomic mass is 19.3. The first-order valence-corrected chi connectivity index (χ1v) is 6.14. The van der Waals surface area contributed by atoms with Crippen LogP contribution in [0.2, 0.25) is 0 Å². The van der Waals surface area contributed by atoms with Gasteiger partial charge in [0.2, 0.25) is 0 Å². The van der Waals surface area contributed by atoms with E-state index in [0.29, 0.717) is 24.5 Å². The Kier molecular flexibility index (Phi) is 2.85. The molecule has 2 nitrogen and oxygen atoms in total. The van der Waals surface area contributed by atoms with Gasteiger partial charge in [0, 0.05) is 30.0 Å². The van der Waals surface area contributed by atoms with Crippen LogP contribution in [0.15, 0.2) is 42.5 Å². The van der Waals surface area contributed by atoms with E-state index in [2.05, 4.69) is 0 Å². The molecule has 2 aromatic rings. The topological polar surface area (TPSA) is 29.3 Å². The van der Waals surface area contributed by atoms with Crippen molar-refractivity contribution in [1.29, 1.82) is 0 Å². The summed E-state index contributed by atoms with van der Waals surface area (Å²) in [6, 6.07) is 12.7. The van der Waals surface area contributed by atoms with Crippen LogP contribution in [0.25, 0.3) is 0 Å². The van der Waals surface area contributed by atoms with Crippen molar-refractivity contribution in [2.24, 2.45) is 0 Å². The van der Waals surface area contributed by atoms with E-state index in [4.69, 9.17) is 5.73 Å². The van der Waals surface area contributed by atoms with Crippen LogP contribution < -0.4 is 10.6 Å². The Morgan fingerprint density at radius 3 is 2.21 bits per heavy atom. The standard InChI is InChI=1S/C15H14F2N2/c16-15(17)13-7-12(18)5-6-14(13)19-8-10-3-1-2-4-11(10)9-19/h1-7,15H,8-9,18H2. The molecule has 1 aliphatic rings. The monoisotopic (exact) mass is 260 g/mol. The third kappa shape index (κ3) is 2.14. The van der Waals surface area contributed by atoms with Crippen LogP contribution in [0, 0.1) is 0 Å². The van der Waals surface area contributed by atoms with E-state index in [1.54, 1.807) is 12.1 Å². The van der Waals surface area contributed by atoms with Gasteiger partial charge in [-0.05, 0) is 29.3 Å². The summed E-state index contributed by atoms with van der Waals surface area (Å²) in [5.74, 6) is 0. The number of nitrogens with zero attached hydrogens (tertiary/aromatic N) is 1. The first-order valence-electron chi connectivity index (χ1n) is 6.14. The van der Waals surface area contributed by atoms with E-state index in [0.717, 1.165) is 0 Å². The molecule has 98 valence electrons. The Morgan fingerprint density at radius 1 is 1.00 bits per heavy atom. The summed E-state index contributed by atoms with van der Waals surface area (Å²) in [5, 5.41) is 0. The van der Waals surface area contributed by atoms with Crippen LogP contribution in [0.3, 0.4) is 0 Å². The number of rotatable bonds is 2. The largest absolute Gasteiger partial charge is 0.399 e. The Hall–Kier alpha value is -2.10. The lowest BCUT2D eigenvalue weighted by atomic mass is 10.1. The van der Waals surface area contributed by atoms with Gasteiger partial charge in [-0.15, -0.1) is 0 Å². The molecule has 0 amide bonds. The van der Waals surface area contributed by atoms with Crippen LogP contribution in [0.1, 0.15) is 23.1 Å². The molecule has 3 rings (SSSR count). The normalized spacial score (nSPS) is 13.9. The summed E-state index contributed by atoms with van der Waals surface area (Å²) in [6.07, 6.45) is -2.51. The molecule has 4 heteroatoms. The second kappa shape index (κ2) is 4.53. The zero-order valence-electron chi connectivity index (χ0n) is 10.3. The van der Waals surface area contributed by atoms with Crippen molar-refractivity contribution in [3.63, 3.8) is 0 Å². The fraction of sp³-hybridized carbons (Fsp3) is 0.200. The number of nitrogen functional groups attached to an aromatic ring is 1.